The lowest BCUT2D eigenvalue weighted by molar-refractivity contribution is 0.501. The number of nitrogens with one attached hydrogen (secondary N) is 1. The number of hydrogen-bond donors (Lipinski definition) is 1. The van der Waals surface area contributed by atoms with Gasteiger partial charge in [-0.3, -0.25) is 0 Å². The maximum atomic E-state index is 4.27. The minimum atomic E-state index is 0.462. The van der Waals surface area contributed by atoms with Gasteiger partial charge in [-0.05, 0) is 31.5 Å². The average molecular weight is 236 g/mol. The van der Waals surface area contributed by atoms with Gasteiger partial charge in [-0.1, -0.05) is 20.8 Å². The van der Waals surface area contributed by atoms with E-state index in [0.717, 1.165) is 24.6 Å². The van der Waals surface area contributed by atoms with Crippen molar-refractivity contribution in [1.82, 2.24) is 15.5 Å². The van der Waals surface area contributed by atoms with Gasteiger partial charge in [-0.15, -0.1) is 5.10 Å². The molecule has 4 nitrogen and oxygen atoms in total. The number of rotatable bonds is 6. The van der Waals surface area contributed by atoms with Crippen LogP contribution in [-0.2, 0) is 6.54 Å². The molecular formula is C13H24N4. The molecule has 96 valence electrons. The molecule has 1 unspecified atom stereocenters. The molecule has 0 aliphatic carbocycles. The summed E-state index contributed by atoms with van der Waals surface area (Å²) in [5.41, 5.74) is 0.987. The van der Waals surface area contributed by atoms with Gasteiger partial charge in [0.15, 0.2) is 5.82 Å². The number of anilines is 1. The largest absolute Gasteiger partial charge is 0.355 e. The molecule has 17 heavy (non-hydrogen) atoms. The molecule has 4 heteroatoms. The molecule has 0 bridgehead atoms. The molecule has 0 aliphatic heterocycles. The van der Waals surface area contributed by atoms with Crippen LogP contribution in [0.4, 0.5) is 5.82 Å². The molecular weight excluding hydrogens is 212 g/mol. The number of nitrogens with zero attached hydrogens (tertiary/aromatic N) is 3. The Kier molecular flexibility index (Phi) is 5.35. The quantitative estimate of drug-likeness (QED) is 0.821. The first-order valence-electron chi connectivity index (χ1n) is 6.32. The summed E-state index contributed by atoms with van der Waals surface area (Å²) in [5, 5.41) is 11.7. The van der Waals surface area contributed by atoms with Gasteiger partial charge in [-0.25, -0.2) is 0 Å². The third kappa shape index (κ3) is 3.97. The zero-order chi connectivity index (χ0) is 12.8. The molecule has 1 aromatic heterocycles. The van der Waals surface area contributed by atoms with E-state index in [1.165, 1.54) is 0 Å². The summed E-state index contributed by atoms with van der Waals surface area (Å²) in [6, 6.07) is 4.54. The smallest absolute Gasteiger partial charge is 0.151 e. The molecule has 0 fully saturated rings. The predicted molar refractivity (Wildman–Crippen MR) is 72.1 cm³/mol. The van der Waals surface area contributed by atoms with E-state index in [4.69, 9.17) is 0 Å². The fraction of sp³-hybridized carbons (Fsp3) is 0.692. The lowest BCUT2D eigenvalue weighted by Gasteiger charge is -2.28. The van der Waals surface area contributed by atoms with E-state index in [-0.39, 0.29) is 0 Å². The Bertz CT molecular complexity index is 321. The highest BCUT2D eigenvalue weighted by Crippen LogP contribution is 2.15. The summed E-state index contributed by atoms with van der Waals surface area (Å²) in [6.45, 7) is 10.5. The van der Waals surface area contributed by atoms with Crippen molar-refractivity contribution in [2.75, 3.05) is 18.5 Å². The normalized spacial score (nSPS) is 12.8. The molecule has 0 saturated heterocycles. The Morgan fingerprint density at radius 3 is 2.41 bits per heavy atom. The van der Waals surface area contributed by atoms with Gasteiger partial charge in [-0.2, -0.15) is 5.10 Å². The van der Waals surface area contributed by atoms with Crippen LogP contribution in [0, 0.1) is 5.92 Å². The first kappa shape index (κ1) is 13.9. The fourth-order valence-electron chi connectivity index (χ4n) is 1.54. The molecule has 0 spiro atoms. The fourth-order valence-corrected chi connectivity index (χ4v) is 1.54. The summed E-state index contributed by atoms with van der Waals surface area (Å²) in [6.07, 6.45) is 0. The van der Waals surface area contributed by atoms with Crippen LogP contribution in [0.2, 0.25) is 0 Å². The zero-order valence-corrected chi connectivity index (χ0v) is 11.6. The summed E-state index contributed by atoms with van der Waals surface area (Å²) >= 11 is 0. The molecule has 0 aliphatic rings. The van der Waals surface area contributed by atoms with E-state index in [2.05, 4.69) is 55.2 Å². The molecule has 1 rings (SSSR count). The number of hydrogen-bond acceptors (Lipinski definition) is 4. The highest BCUT2D eigenvalue weighted by Gasteiger charge is 2.14. The Balaban J connectivity index is 2.66. The van der Waals surface area contributed by atoms with Gasteiger partial charge in [0.1, 0.15) is 0 Å². The maximum absolute atomic E-state index is 4.27. The van der Waals surface area contributed by atoms with Gasteiger partial charge in [0.05, 0.1) is 5.69 Å². The van der Waals surface area contributed by atoms with Gasteiger partial charge in [0.2, 0.25) is 0 Å². The van der Waals surface area contributed by atoms with Crippen LogP contribution in [0.25, 0.3) is 0 Å². The Labute approximate surface area is 104 Å². The first-order valence-corrected chi connectivity index (χ1v) is 6.32. The minimum Gasteiger partial charge on any atom is -0.355 e. The second kappa shape index (κ2) is 6.55. The molecule has 0 radical (unpaired) electrons. The van der Waals surface area contributed by atoms with Crippen molar-refractivity contribution in [2.45, 2.75) is 40.3 Å². The Hall–Kier alpha value is -1.16. The lowest BCUT2D eigenvalue weighted by Crippen LogP contribution is -2.34. The molecule has 0 aromatic carbocycles. The Morgan fingerprint density at radius 2 is 1.94 bits per heavy atom. The highest BCUT2D eigenvalue weighted by molar-refractivity contribution is 5.37. The van der Waals surface area contributed by atoms with Crippen molar-refractivity contribution >= 4 is 5.82 Å². The summed E-state index contributed by atoms with van der Waals surface area (Å²) in [7, 11) is 2.07. The van der Waals surface area contributed by atoms with Crippen LogP contribution in [0.3, 0.4) is 0 Å². The van der Waals surface area contributed by atoms with E-state index in [1.807, 2.05) is 12.1 Å². The van der Waals surface area contributed by atoms with Crippen LogP contribution >= 0.6 is 0 Å². The third-order valence-corrected chi connectivity index (χ3v) is 3.20. The van der Waals surface area contributed by atoms with E-state index >= 15 is 0 Å². The molecule has 1 aromatic rings. The van der Waals surface area contributed by atoms with Gasteiger partial charge >= 0.3 is 0 Å². The molecule has 1 N–H and O–H groups in total. The van der Waals surface area contributed by atoms with E-state index < -0.39 is 0 Å². The summed E-state index contributed by atoms with van der Waals surface area (Å²) in [5.74, 6) is 1.54. The van der Waals surface area contributed by atoms with E-state index in [0.29, 0.717) is 12.0 Å². The minimum absolute atomic E-state index is 0.462. The molecule has 0 amide bonds. The zero-order valence-electron chi connectivity index (χ0n) is 11.6. The van der Waals surface area contributed by atoms with Crippen molar-refractivity contribution in [3.05, 3.63) is 17.8 Å². The topological polar surface area (TPSA) is 41.0 Å². The maximum Gasteiger partial charge on any atom is 0.151 e. The third-order valence-electron chi connectivity index (χ3n) is 3.20. The van der Waals surface area contributed by atoms with Crippen molar-refractivity contribution in [2.24, 2.45) is 5.92 Å². The van der Waals surface area contributed by atoms with Crippen molar-refractivity contribution < 1.29 is 0 Å². The average Bonchev–Trinajstić information content (AvgIpc) is 2.35. The molecule has 1 heterocycles. The van der Waals surface area contributed by atoms with Crippen LogP contribution in [0.5, 0.6) is 0 Å². The second-order valence-corrected chi connectivity index (χ2v) is 4.76. The van der Waals surface area contributed by atoms with Gasteiger partial charge < -0.3 is 10.2 Å². The van der Waals surface area contributed by atoms with Crippen LogP contribution in [-0.4, -0.2) is 29.8 Å². The van der Waals surface area contributed by atoms with Crippen molar-refractivity contribution in [1.29, 1.82) is 0 Å². The monoisotopic (exact) mass is 236 g/mol. The van der Waals surface area contributed by atoms with Crippen molar-refractivity contribution in [3.8, 4) is 0 Å². The standard InChI is InChI=1S/C13H24N4/c1-6-14-9-12-7-8-13(16-15-12)17(5)11(4)10(2)3/h7-8,10-11,14H,6,9H2,1-5H3. The Morgan fingerprint density at radius 1 is 1.24 bits per heavy atom. The highest BCUT2D eigenvalue weighted by atomic mass is 15.3. The van der Waals surface area contributed by atoms with Crippen LogP contribution < -0.4 is 10.2 Å². The summed E-state index contributed by atoms with van der Waals surface area (Å²) in [4.78, 5) is 2.18. The van der Waals surface area contributed by atoms with Crippen LogP contribution in [0.15, 0.2) is 12.1 Å². The van der Waals surface area contributed by atoms with E-state index in [9.17, 15) is 0 Å². The van der Waals surface area contributed by atoms with Gasteiger partial charge in [0, 0.05) is 19.6 Å². The summed E-state index contributed by atoms with van der Waals surface area (Å²) < 4.78 is 0. The number of aromatic nitrogens is 2. The molecule has 1 atom stereocenters. The second-order valence-electron chi connectivity index (χ2n) is 4.76. The van der Waals surface area contributed by atoms with Crippen LogP contribution in [0.1, 0.15) is 33.4 Å². The lowest BCUT2D eigenvalue weighted by atomic mass is 10.1. The first-order chi connectivity index (χ1) is 8.06. The SMILES string of the molecule is CCNCc1ccc(N(C)C(C)C(C)C)nn1. The predicted octanol–water partition coefficient (Wildman–Crippen LogP) is 2.07. The molecule has 0 saturated carbocycles. The van der Waals surface area contributed by atoms with Gasteiger partial charge in [0.25, 0.3) is 0 Å². The van der Waals surface area contributed by atoms with E-state index in [1.54, 1.807) is 0 Å². The van der Waals surface area contributed by atoms with Crippen molar-refractivity contribution in [3.63, 3.8) is 0 Å².